The molecule has 1 rings (SSSR count). The van der Waals surface area contributed by atoms with Crippen molar-refractivity contribution in [3.05, 3.63) is 30.6 Å². The predicted molar refractivity (Wildman–Crippen MR) is 81.7 cm³/mol. The summed E-state index contributed by atoms with van der Waals surface area (Å²) in [6.07, 6.45) is 3.98. The number of methoxy groups -OCH3 is 2. The maximum Gasteiger partial charge on any atom is 0.171 e. The number of hydrogen-bond donors (Lipinski definition) is 0. The summed E-state index contributed by atoms with van der Waals surface area (Å²) in [7, 11) is 3.31. The minimum Gasteiger partial charge on any atom is -0.550 e. The number of hydrogen-bond acceptors (Lipinski definition) is 6. The fraction of sp³-hybridized carbons (Fsp3) is 0.625. The maximum absolute atomic E-state index is 9.93. The van der Waals surface area contributed by atoms with Crippen molar-refractivity contribution in [3.63, 3.8) is 0 Å². The van der Waals surface area contributed by atoms with Gasteiger partial charge in [-0.1, -0.05) is 6.07 Å². The number of carboxylic acids is 1. The van der Waals surface area contributed by atoms with Crippen LogP contribution in [-0.4, -0.2) is 59.8 Å². The summed E-state index contributed by atoms with van der Waals surface area (Å²) in [6.45, 7) is 3.81. The van der Waals surface area contributed by atoms with Crippen LogP contribution in [0.25, 0.3) is 0 Å². The first-order valence-corrected chi connectivity index (χ1v) is 7.48. The van der Waals surface area contributed by atoms with Crippen molar-refractivity contribution in [2.45, 2.75) is 13.0 Å². The van der Waals surface area contributed by atoms with Gasteiger partial charge in [0.1, 0.15) is 6.61 Å². The first kappa shape index (κ1) is 21.5. The monoisotopic (exact) mass is 329 g/mol. The maximum atomic E-state index is 9.93. The molecule has 0 amide bonds. The van der Waals surface area contributed by atoms with E-state index in [1.54, 1.807) is 14.2 Å². The summed E-state index contributed by atoms with van der Waals surface area (Å²) in [6, 6.07) is 6.02. The van der Waals surface area contributed by atoms with Crippen LogP contribution < -0.4 is 9.67 Å². The van der Waals surface area contributed by atoms with Crippen molar-refractivity contribution in [2.24, 2.45) is 0 Å². The van der Waals surface area contributed by atoms with Crippen molar-refractivity contribution in [1.82, 2.24) is 0 Å². The molecular formula is C16H27NO6. The van der Waals surface area contributed by atoms with Crippen LogP contribution in [0.4, 0.5) is 0 Å². The molecule has 0 bridgehead atoms. The van der Waals surface area contributed by atoms with Crippen LogP contribution in [0.5, 0.6) is 0 Å². The van der Waals surface area contributed by atoms with Gasteiger partial charge in [-0.2, -0.15) is 0 Å². The van der Waals surface area contributed by atoms with E-state index in [4.69, 9.17) is 18.9 Å². The molecule has 0 atom stereocenters. The minimum absolute atomic E-state index is 0.0714. The molecule has 1 heterocycles. The van der Waals surface area contributed by atoms with Crippen LogP contribution in [0.15, 0.2) is 30.6 Å². The molecule has 0 N–H and O–H groups in total. The van der Waals surface area contributed by atoms with Gasteiger partial charge in [0.15, 0.2) is 18.9 Å². The van der Waals surface area contributed by atoms with Gasteiger partial charge in [0.05, 0.1) is 33.0 Å². The Labute approximate surface area is 137 Å². The van der Waals surface area contributed by atoms with Gasteiger partial charge < -0.3 is 28.8 Å². The molecule has 1 aromatic heterocycles. The Balaban J connectivity index is 0.000000433. The molecule has 7 nitrogen and oxygen atoms in total. The van der Waals surface area contributed by atoms with Crippen molar-refractivity contribution in [2.75, 3.05) is 53.9 Å². The molecule has 7 heteroatoms. The largest absolute Gasteiger partial charge is 0.550 e. The molecule has 0 aromatic carbocycles. The fourth-order valence-electron chi connectivity index (χ4n) is 1.40. The van der Waals surface area contributed by atoms with Crippen LogP contribution in [0.2, 0.25) is 0 Å². The highest BCUT2D eigenvalue weighted by Gasteiger charge is 1.93. The van der Waals surface area contributed by atoms with Crippen molar-refractivity contribution in [3.8, 4) is 0 Å². The molecule has 1 aromatic rings. The topological polar surface area (TPSA) is 80.9 Å². The second-order valence-corrected chi connectivity index (χ2v) is 4.45. The Morgan fingerprint density at radius 1 is 0.870 bits per heavy atom. The van der Waals surface area contributed by atoms with E-state index in [1.807, 2.05) is 30.6 Å². The second kappa shape index (κ2) is 16.8. The van der Waals surface area contributed by atoms with Crippen molar-refractivity contribution < 1.29 is 33.4 Å². The Bertz CT molecular complexity index is 374. The van der Waals surface area contributed by atoms with E-state index in [0.29, 0.717) is 26.4 Å². The summed E-state index contributed by atoms with van der Waals surface area (Å²) in [4.78, 5) is 9.93. The summed E-state index contributed by atoms with van der Waals surface area (Å²) >= 11 is 0. The molecule has 0 unspecified atom stereocenters. The number of carbonyl (C=O) groups excluding carboxylic acids is 1. The predicted octanol–water partition coefficient (Wildman–Crippen LogP) is -0.573. The Kier molecular flexibility index (Phi) is 15.7. The van der Waals surface area contributed by atoms with Crippen LogP contribution in [0.3, 0.4) is 0 Å². The second-order valence-electron chi connectivity index (χ2n) is 4.45. The number of carboxylic acid groups (broad SMARTS) is 1. The zero-order valence-electron chi connectivity index (χ0n) is 13.9. The lowest BCUT2D eigenvalue weighted by molar-refractivity contribution is -0.698. The molecule has 0 saturated carbocycles. The number of nitrogens with zero attached hydrogens (tertiary/aromatic N) is 1. The summed E-state index contributed by atoms with van der Waals surface area (Å²) in [5.41, 5.74) is 0. The molecule has 0 radical (unpaired) electrons. The molecule has 0 aliphatic carbocycles. The van der Waals surface area contributed by atoms with Crippen LogP contribution in [-0.2, 0) is 30.3 Å². The standard InChI is InChI=1S/C8H12NO.C8H16O5/c1-10-8-7-9-5-3-2-4-6-9;1-11-4-5-13-7-6-12-3-2-8(9)10/h2-6H,7-8H2,1H3;2-7H2,1H3,(H,9,10)/q+1;/p-1. The molecule has 0 saturated heterocycles. The average molecular weight is 329 g/mol. The quantitative estimate of drug-likeness (QED) is 0.377. The average Bonchev–Trinajstić information content (AvgIpc) is 2.57. The van der Waals surface area contributed by atoms with Gasteiger partial charge in [-0.05, 0) is 0 Å². The number of aromatic nitrogens is 1. The van der Waals surface area contributed by atoms with Crippen molar-refractivity contribution in [1.29, 1.82) is 0 Å². The number of ether oxygens (including phenoxy) is 4. The Morgan fingerprint density at radius 3 is 2.00 bits per heavy atom. The van der Waals surface area contributed by atoms with E-state index in [2.05, 4.69) is 4.57 Å². The Hall–Kier alpha value is -1.54. The highest BCUT2D eigenvalue weighted by molar-refractivity contribution is 5.64. The Morgan fingerprint density at radius 2 is 1.43 bits per heavy atom. The minimum atomic E-state index is -1.10. The smallest absolute Gasteiger partial charge is 0.171 e. The number of aliphatic carboxylic acids is 1. The molecule has 132 valence electrons. The van der Waals surface area contributed by atoms with Crippen LogP contribution in [0.1, 0.15) is 6.42 Å². The normalized spacial score (nSPS) is 10.0. The summed E-state index contributed by atoms with van der Waals surface area (Å²) in [5.74, 6) is -1.10. The molecule has 0 aliphatic rings. The lowest BCUT2D eigenvalue weighted by Gasteiger charge is -2.05. The lowest BCUT2D eigenvalue weighted by atomic mass is 10.5. The van der Waals surface area contributed by atoms with E-state index in [0.717, 1.165) is 13.2 Å². The van der Waals surface area contributed by atoms with Crippen molar-refractivity contribution >= 4 is 5.97 Å². The number of pyridine rings is 1. The zero-order chi connectivity index (χ0) is 17.2. The summed E-state index contributed by atoms with van der Waals surface area (Å²) in [5, 5.41) is 9.93. The third-order valence-corrected chi connectivity index (χ3v) is 2.59. The van der Waals surface area contributed by atoms with Gasteiger partial charge >= 0.3 is 0 Å². The third-order valence-electron chi connectivity index (χ3n) is 2.59. The van der Waals surface area contributed by atoms with E-state index in [1.165, 1.54) is 0 Å². The van der Waals surface area contributed by atoms with Gasteiger partial charge in [0.2, 0.25) is 0 Å². The van der Waals surface area contributed by atoms with Crippen LogP contribution in [0, 0.1) is 0 Å². The molecule has 0 aliphatic heterocycles. The molecule has 0 fully saturated rings. The van der Waals surface area contributed by atoms with E-state index in [-0.39, 0.29) is 13.0 Å². The zero-order valence-corrected chi connectivity index (χ0v) is 13.9. The highest BCUT2D eigenvalue weighted by Crippen LogP contribution is 1.82. The van der Waals surface area contributed by atoms with Gasteiger partial charge in [0, 0.05) is 38.7 Å². The van der Waals surface area contributed by atoms with Crippen LogP contribution >= 0.6 is 0 Å². The van der Waals surface area contributed by atoms with Gasteiger partial charge in [0.25, 0.3) is 0 Å². The van der Waals surface area contributed by atoms with Gasteiger partial charge in [-0.3, -0.25) is 0 Å². The van der Waals surface area contributed by atoms with E-state index in [9.17, 15) is 9.90 Å². The lowest BCUT2D eigenvalue weighted by Crippen LogP contribution is -2.34. The highest BCUT2D eigenvalue weighted by atomic mass is 16.5. The van der Waals surface area contributed by atoms with E-state index >= 15 is 0 Å². The summed E-state index contributed by atoms with van der Waals surface area (Å²) < 4.78 is 21.8. The molecule has 0 spiro atoms. The third kappa shape index (κ3) is 16.7. The SMILES string of the molecule is COCCOCCOCCC(=O)[O-].COCC[n+]1ccccc1. The van der Waals surface area contributed by atoms with Gasteiger partial charge in [-0.15, -0.1) is 0 Å². The van der Waals surface area contributed by atoms with E-state index < -0.39 is 5.97 Å². The number of rotatable bonds is 12. The molecule has 23 heavy (non-hydrogen) atoms. The number of carbonyl (C=O) groups is 1. The van der Waals surface area contributed by atoms with Gasteiger partial charge in [-0.25, -0.2) is 4.57 Å². The molecular weight excluding hydrogens is 302 g/mol. The first-order chi connectivity index (χ1) is 11.2. The fourth-order valence-corrected chi connectivity index (χ4v) is 1.40. The first-order valence-electron chi connectivity index (χ1n) is 7.48.